The van der Waals surface area contributed by atoms with Gasteiger partial charge in [-0.2, -0.15) is 0 Å². The molecule has 0 heterocycles. The van der Waals surface area contributed by atoms with Crippen LogP contribution in [0.5, 0.6) is 0 Å². The molecule has 4 rings (SSSR count). The Morgan fingerprint density at radius 3 is 2.20 bits per heavy atom. The summed E-state index contributed by atoms with van der Waals surface area (Å²) in [5, 5.41) is 0.279. The predicted octanol–water partition coefficient (Wildman–Crippen LogP) is 10.5. The molecular formula is C39H66O5Si2. The van der Waals surface area contributed by atoms with Gasteiger partial charge in [-0.25, -0.2) is 4.79 Å². The zero-order valence-corrected chi connectivity index (χ0v) is 33.6. The van der Waals surface area contributed by atoms with Crippen molar-refractivity contribution in [3.8, 4) is 0 Å². The first-order valence-corrected chi connectivity index (χ1v) is 23.8. The fourth-order valence-corrected chi connectivity index (χ4v) is 10.1. The third-order valence-corrected chi connectivity index (χ3v) is 21.6. The number of esters is 1. The Morgan fingerprint density at radius 1 is 1.02 bits per heavy atom. The standard InChI is InChI=1S/C39H66O5Si2/c1-26-30(24-31(43-45(11,12)37(3,4)5)25-34(26)44-46(13,14)38(6,7)8)20-17-28-16-15-23-39(9)32(21-22-33(28)39)27(2)42-35(29-18-19-29)36(40)41-10/h17,20-21,27,29,31,33-35H,1,15-16,18-19,22-25H2,2-14H3/b28-17+,30-20-/t27?,31-,33+,34+,35+,39-/m1/s1. The van der Waals surface area contributed by atoms with Gasteiger partial charge in [-0.05, 0) is 122 Å². The Morgan fingerprint density at radius 2 is 1.63 bits per heavy atom. The van der Waals surface area contributed by atoms with Crippen molar-refractivity contribution in [1.29, 1.82) is 0 Å². The molecule has 3 fully saturated rings. The average Bonchev–Trinajstić information content (AvgIpc) is 3.71. The number of rotatable bonds is 10. The highest BCUT2D eigenvalue weighted by Crippen LogP contribution is 2.56. The molecular weight excluding hydrogens is 605 g/mol. The van der Waals surface area contributed by atoms with Crippen LogP contribution < -0.4 is 0 Å². The molecule has 0 amide bonds. The molecule has 3 saturated carbocycles. The van der Waals surface area contributed by atoms with Crippen molar-refractivity contribution >= 4 is 22.6 Å². The summed E-state index contributed by atoms with van der Waals surface area (Å²) in [6, 6.07) is 0. The maximum atomic E-state index is 12.5. The molecule has 0 radical (unpaired) electrons. The van der Waals surface area contributed by atoms with Gasteiger partial charge in [-0.15, -0.1) is 0 Å². The molecule has 4 aliphatic rings. The van der Waals surface area contributed by atoms with Gasteiger partial charge in [-0.3, -0.25) is 0 Å². The number of carbonyl (C=O) groups excluding carboxylic acids is 1. The summed E-state index contributed by atoms with van der Waals surface area (Å²) in [5.41, 5.74) is 5.34. The zero-order chi connectivity index (χ0) is 34.5. The van der Waals surface area contributed by atoms with E-state index in [1.807, 2.05) is 0 Å². The van der Waals surface area contributed by atoms with Gasteiger partial charge in [0.25, 0.3) is 0 Å². The molecule has 0 spiro atoms. The zero-order valence-electron chi connectivity index (χ0n) is 31.6. The lowest BCUT2D eigenvalue weighted by Crippen LogP contribution is -2.49. The lowest BCUT2D eigenvalue weighted by Gasteiger charge is -2.45. The van der Waals surface area contributed by atoms with Crippen molar-refractivity contribution in [2.45, 2.75) is 167 Å². The van der Waals surface area contributed by atoms with Gasteiger partial charge in [0.1, 0.15) is 0 Å². The molecule has 0 aliphatic heterocycles. The van der Waals surface area contributed by atoms with E-state index in [1.54, 1.807) is 0 Å². The number of methoxy groups -OCH3 is 1. The Bertz CT molecular complexity index is 1240. The molecule has 5 nitrogen and oxygen atoms in total. The first-order chi connectivity index (χ1) is 21.1. The lowest BCUT2D eigenvalue weighted by atomic mass is 9.63. The Balaban J connectivity index is 1.58. The van der Waals surface area contributed by atoms with Crippen LogP contribution in [0.1, 0.15) is 107 Å². The van der Waals surface area contributed by atoms with Gasteiger partial charge >= 0.3 is 5.97 Å². The van der Waals surface area contributed by atoms with Gasteiger partial charge < -0.3 is 18.3 Å². The highest BCUT2D eigenvalue weighted by atomic mass is 28.4. The first kappa shape index (κ1) is 37.6. The van der Waals surface area contributed by atoms with E-state index >= 15 is 0 Å². The maximum absolute atomic E-state index is 12.5. The topological polar surface area (TPSA) is 54.0 Å². The molecule has 260 valence electrons. The fourth-order valence-electron chi connectivity index (χ4n) is 7.41. The summed E-state index contributed by atoms with van der Waals surface area (Å²) in [5.74, 6) is 0.517. The highest BCUT2D eigenvalue weighted by molar-refractivity contribution is 6.74. The van der Waals surface area contributed by atoms with Crippen molar-refractivity contribution in [2.24, 2.45) is 17.3 Å². The number of carbonyl (C=O) groups is 1. The third kappa shape index (κ3) is 7.96. The largest absolute Gasteiger partial charge is 0.467 e. The van der Waals surface area contributed by atoms with Crippen LogP contribution in [0.2, 0.25) is 36.3 Å². The lowest BCUT2D eigenvalue weighted by molar-refractivity contribution is -0.158. The van der Waals surface area contributed by atoms with Crippen molar-refractivity contribution < 1.29 is 23.1 Å². The smallest absolute Gasteiger partial charge is 0.335 e. The Labute approximate surface area is 283 Å². The van der Waals surface area contributed by atoms with E-state index in [1.165, 1.54) is 23.8 Å². The van der Waals surface area contributed by atoms with E-state index in [4.69, 9.17) is 18.3 Å². The van der Waals surface area contributed by atoms with Gasteiger partial charge in [-0.1, -0.05) is 78.8 Å². The van der Waals surface area contributed by atoms with E-state index in [2.05, 4.69) is 106 Å². The monoisotopic (exact) mass is 670 g/mol. The van der Waals surface area contributed by atoms with Crippen LogP contribution in [0.3, 0.4) is 0 Å². The molecule has 1 unspecified atom stereocenters. The Hall–Kier alpha value is -1.26. The average molecular weight is 671 g/mol. The summed E-state index contributed by atoms with van der Waals surface area (Å²) in [6.45, 7) is 32.5. The summed E-state index contributed by atoms with van der Waals surface area (Å²) < 4.78 is 25.7. The molecule has 6 atom stereocenters. The van der Waals surface area contributed by atoms with E-state index in [-0.39, 0.29) is 39.8 Å². The second-order valence-electron chi connectivity index (χ2n) is 18.0. The molecule has 0 N–H and O–H groups in total. The van der Waals surface area contributed by atoms with E-state index < -0.39 is 22.7 Å². The minimum atomic E-state index is -2.01. The number of ether oxygens (including phenoxy) is 2. The Kier molecular flexibility index (Phi) is 11.1. The molecule has 0 bridgehead atoms. The minimum Gasteiger partial charge on any atom is -0.467 e. The normalized spacial score (nSPS) is 31.1. The van der Waals surface area contributed by atoms with Crippen LogP contribution >= 0.6 is 0 Å². The van der Waals surface area contributed by atoms with Crippen LogP contribution in [-0.4, -0.2) is 54.1 Å². The first-order valence-electron chi connectivity index (χ1n) is 18.0. The van der Waals surface area contributed by atoms with E-state index in [0.29, 0.717) is 11.8 Å². The van der Waals surface area contributed by atoms with Crippen LogP contribution in [0.25, 0.3) is 0 Å². The predicted molar refractivity (Wildman–Crippen MR) is 196 cm³/mol. The molecule has 0 saturated heterocycles. The van der Waals surface area contributed by atoms with Crippen LogP contribution in [-0.2, 0) is 23.1 Å². The molecule has 0 aromatic heterocycles. The van der Waals surface area contributed by atoms with E-state index in [9.17, 15) is 4.79 Å². The molecule has 4 aliphatic carbocycles. The second-order valence-corrected chi connectivity index (χ2v) is 27.6. The van der Waals surface area contributed by atoms with Crippen molar-refractivity contribution in [3.63, 3.8) is 0 Å². The van der Waals surface area contributed by atoms with Crippen LogP contribution in [0.4, 0.5) is 0 Å². The fraction of sp³-hybridized carbons (Fsp3) is 0.769. The molecule has 0 aromatic rings. The van der Waals surface area contributed by atoms with Crippen molar-refractivity contribution in [1.82, 2.24) is 0 Å². The van der Waals surface area contributed by atoms with Gasteiger partial charge in [0.2, 0.25) is 0 Å². The molecule has 0 aromatic carbocycles. The summed E-state index contributed by atoms with van der Waals surface area (Å²) in [6.07, 6.45) is 15.1. The van der Waals surface area contributed by atoms with Gasteiger partial charge in [0.05, 0.1) is 25.4 Å². The summed E-state index contributed by atoms with van der Waals surface area (Å²) in [4.78, 5) is 12.5. The third-order valence-electron chi connectivity index (χ3n) is 12.6. The minimum absolute atomic E-state index is 0.0161. The number of hydrogen-bond acceptors (Lipinski definition) is 5. The quantitative estimate of drug-likeness (QED) is 0.132. The highest BCUT2D eigenvalue weighted by Gasteiger charge is 2.49. The summed E-state index contributed by atoms with van der Waals surface area (Å²) in [7, 11) is -2.50. The number of allylic oxidation sites excluding steroid dienone is 4. The van der Waals surface area contributed by atoms with Crippen LogP contribution in [0.15, 0.2) is 47.1 Å². The van der Waals surface area contributed by atoms with Gasteiger partial charge in [0.15, 0.2) is 22.7 Å². The molecule has 46 heavy (non-hydrogen) atoms. The number of hydrogen-bond donors (Lipinski definition) is 0. The van der Waals surface area contributed by atoms with Crippen molar-refractivity contribution in [3.05, 3.63) is 47.1 Å². The SMILES string of the molecule is C=C1/C(=C\C=C2/CCC[C@]3(C)C(C(C)O[C@H](C(=O)OC)C4CC4)=CC[C@@H]23)C[C@@H](O[Si](C)(C)C(C)(C)C)C[C@@H]1O[Si](C)(C)C(C)(C)C. The van der Waals surface area contributed by atoms with Gasteiger partial charge in [0, 0.05) is 6.42 Å². The van der Waals surface area contributed by atoms with Crippen molar-refractivity contribution in [2.75, 3.05) is 7.11 Å². The molecule has 7 heteroatoms. The number of fused-ring (bicyclic) bond motifs is 1. The maximum Gasteiger partial charge on any atom is 0.335 e. The second kappa shape index (κ2) is 13.6. The summed E-state index contributed by atoms with van der Waals surface area (Å²) >= 11 is 0. The van der Waals surface area contributed by atoms with Crippen LogP contribution in [0, 0.1) is 17.3 Å². The van der Waals surface area contributed by atoms with E-state index in [0.717, 1.165) is 56.9 Å².